The summed E-state index contributed by atoms with van der Waals surface area (Å²) in [7, 11) is 0. The highest BCUT2D eigenvalue weighted by Crippen LogP contribution is 2.34. The van der Waals surface area contributed by atoms with Crippen molar-refractivity contribution in [3.8, 4) is 0 Å². The molecule has 0 amide bonds. The number of benzene rings is 1. The number of ether oxygens (including phenoxy) is 6. The van der Waals surface area contributed by atoms with Gasteiger partial charge in [0.05, 0.1) is 19.8 Å². The van der Waals surface area contributed by atoms with Gasteiger partial charge >= 0.3 is 6.16 Å². The maximum atomic E-state index is 11.7. The van der Waals surface area contributed by atoms with Crippen LogP contribution < -0.4 is 0 Å². The molecule has 0 bridgehead atoms. The van der Waals surface area contributed by atoms with Gasteiger partial charge in [-0.1, -0.05) is 30.3 Å². The van der Waals surface area contributed by atoms with E-state index in [1.807, 2.05) is 30.3 Å². The van der Waals surface area contributed by atoms with E-state index in [0.29, 0.717) is 0 Å². The van der Waals surface area contributed by atoms with Gasteiger partial charge in [0.2, 0.25) is 6.29 Å². The van der Waals surface area contributed by atoms with Crippen LogP contribution in [0.4, 0.5) is 4.79 Å². The summed E-state index contributed by atoms with van der Waals surface area (Å²) in [6, 6.07) is 9.57. The molecule has 2 aliphatic heterocycles. The molecule has 27 heavy (non-hydrogen) atoms. The fraction of sp³-hybridized carbons (Fsp3) is 0.632. The summed E-state index contributed by atoms with van der Waals surface area (Å²) in [5.41, 5.74) is 0.946. The van der Waals surface area contributed by atoms with Crippen LogP contribution in [0, 0.1) is 0 Å². The summed E-state index contributed by atoms with van der Waals surface area (Å²) in [5.74, 6) is -0.840. The Morgan fingerprint density at radius 3 is 2.74 bits per heavy atom. The molecular weight excluding hydrogens is 356 g/mol. The molecule has 2 fully saturated rings. The zero-order chi connectivity index (χ0) is 19.4. The number of hydrogen-bond acceptors (Lipinski definition) is 8. The Hall–Kier alpha value is -1.71. The van der Waals surface area contributed by atoms with Crippen molar-refractivity contribution in [2.45, 2.75) is 63.9 Å². The molecule has 0 unspecified atom stereocenters. The quantitative estimate of drug-likeness (QED) is 0.773. The van der Waals surface area contributed by atoms with Gasteiger partial charge in [-0.15, -0.1) is 0 Å². The zero-order valence-electron chi connectivity index (χ0n) is 15.7. The van der Waals surface area contributed by atoms with E-state index in [1.54, 1.807) is 20.8 Å². The minimum absolute atomic E-state index is 0.155. The lowest BCUT2D eigenvalue weighted by molar-refractivity contribution is -0.382. The van der Waals surface area contributed by atoms with E-state index in [1.165, 1.54) is 0 Å². The molecule has 0 radical (unpaired) electrons. The molecule has 0 saturated carbocycles. The highest BCUT2D eigenvalue weighted by molar-refractivity contribution is 5.60. The van der Waals surface area contributed by atoms with Crippen LogP contribution in [0.25, 0.3) is 0 Å². The Morgan fingerprint density at radius 1 is 1.30 bits per heavy atom. The zero-order valence-corrected chi connectivity index (χ0v) is 15.7. The molecule has 8 heteroatoms. The van der Waals surface area contributed by atoms with Gasteiger partial charge in [0.15, 0.2) is 5.79 Å². The molecule has 1 aromatic carbocycles. The fourth-order valence-electron chi connectivity index (χ4n) is 3.12. The van der Waals surface area contributed by atoms with Crippen molar-refractivity contribution >= 4 is 6.16 Å². The third-order valence-electron chi connectivity index (χ3n) is 4.39. The SMILES string of the molecule is CCOC(=O)O[C@@H]1O[C@@H]2COC(C)(C)O[C@H]2[C@H](OCc2ccccc2)[C@H]1O. The Morgan fingerprint density at radius 2 is 2.04 bits per heavy atom. The average Bonchev–Trinajstić information content (AvgIpc) is 2.63. The molecule has 2 heterocycles. The minimum atomic E-state index is -1.24. The normalized spacial score (nSPS) is 32.4. The first-order valence-electron chi connectivity index (χ1n) is 9.04. The Bertz CT molecular complexity index is 619. The van der Waals surface area contributed by atoms with Crippen LogP contribution >= 0.6 is 0 Å². The van der Waals surface area contributed by atoms with Crippen molar-refractivity contribution in [2.75, 3.05) is 13.2 Å². The van der Waals surface area contributed by atoms with Crippen LogP contribution in [0.3, 0.4) is 0 Å². The van der Waals surface area contributed by atoms with Crippen molar-refractivity contribution in [1.29, 1.82) is 0 Å². The summed E-state index contributed by atoms with van der Waals surface area (Å²) < 4.78 is 33.1. The molecule has 8 nitrogen and oxygen atoms in total. The van der Waals surface area contributed by atoms with Crippen molar-refractivity contribution in [3.63, 3.8) is 0 Å². The van der Waals surface area contributed by atoms with E-state index < -0.39 is 42.6 Å². The molecular formula is C19H26O8. The van der Waals surface area contributed by atoms with Crippen LogP contribution in [0.15, 0.2) is 30.3 Å². The summed E-state index contributed by atoms with van der Waals surface area (Å²) in [6.45, 7) is 5.87. The van der Waals surface area contributed by atoms with Crippen LogP contribution in [0.1, 0.15) is 26.3 Å². The van der Waals surface area contributed by atoms with E-state index in [-0.39, 0.29) is 19.8 Å². The van der Waals surface area contributed by atoms with Gasteiger partial charge < -0.3 is 33.5 Å². The van der Waals surface area contributed by atoms with Gasteiger partial charge in [0.25, 0.3) is 0 Å². The number of rotatable bonds is 5. The number of hydrogen-bond donors (Lipinski definition) is 1. The summed E-state index contributed by atoms with van der Waals surface area (Å²) in [4.78, 5) is 11.7. The number of carbonyl (C=O) groups excluding carboxylic acids is 1. The number of aliphatic hydroxyl groups excluding tert-OH is 1. The number of aliphatic hydroxyl groups is 1. The van der Waals surface area contributed by atoms with Gasteiger partial charge in [0.1, 0.15) is 24.4 Å². The predicted molar refractivity (Wildman–Crippen MR) is 92.7 cm³/mol. The summed E-state index contributed by atoms with van der Waals surface area (Å²) >= 11 is 0. The lowest BCUT2D eigenvalue weighted by Gasteiger charge is -2.49. The van der Waals surface area contributed by atoms with Crippen LogP contribution in [-0.2, 0) is 35.0 Å². The van der Waals surface area contributed by atoms with Crippen molar-refractivity contribution in [1.82, 2.24) is 0 Å². The maximum Gasteiger partial charge on any atom is 0.510 e. The van der Waals surface area contributed by atoms with Gasteiger partial charge in [-0.25, -0.2) is 4.79 Å². The van der Waals surface area contributed by atoms with Gasteiger partial charge in [0, 0.05) is 0 Å². The molecule has 0 aliphatic carbocycles. The minimum Gasteiger partial charge on any atom is -0.435 e. The first kappa shape index (κ1) is 20.0. The average molecular weight is 382 g/mol. The largest absolute Gasteiger partial charge is 0.510 e. The standard InChI is InChI=1S/C19H26O8/c1-4-22-18(21)26-17-14(20)16(23-10-12-8-6-5-7-9-12)15-13(25-17)11-24-19(2,3)27-15/h5-9,13-17,20H,4,10-11H2,1-3H3/t13-,14-,15-,16-,17+/m1/s1. The molecule has 2 aliphatic rings. The van der Waals surface area contributed by atoms with E-state index >= 15 is 0 Å². The molecule has 2 saturated heterocycles. The predicted octanol–water partition coefficient (Wildman–Crippen LogP) is 1.98. The van der Waals surface area contributed by atoms with Gasteiger partial charge in [-0.05, 0) is 26.3 Å². The molecule has 150 valence electrons. The first-order valence-corrected chi connectivity index (χ1v) is 9.04. The van der Waals surface area contributed by atoms with Crippen molar-refractivity contribution in [3.05, 3.63) is 35.9 Å². The monoisotopic (exact) mass is 382 g/mol. The number of fused-ring (bicyclic) bond motifs is 1. The van der Waals surface area contributed by atoms with Crippen LogP contribution in [0.5, 0.6) is 0 Å². The first-order chi connectivity index (χ1) is 12.9. The second-order valence-corrected chi connectivity index (χ2v) is 6.89. The highest BCUT2D eigenvalue weighted by Gasteiger charge is 2.52. The molecule has 3 rings (SSSR count). The van der Waals surface area contributed by atoms with Crippen molar-refractivity contribution in [2.24, 2.45) is 0 Å². The number of carbonyl (C=O) groups is 1. The molecule has 5 atom stereocenters. The second-order valence-electron chi connectivity index (χ2n) is 6.89. The lowest BCUT2D eigenvalue weighted by atomic mass is 9.97. The van der Waals surface area contributed by atoms with Crippen molar-refractivity contribution < 1.29 is 38.3 Å². The van der Waals surface area contributed by atoms with Crippen LogP contribution in [-0.4, -0.2) is 61.0 Å². The Balaban J connectivity index is 1.74. The highest BCUT2D eigenvalue weighted by atomic mass is 16.8. The van der Waals surface area contributed by atoms with E-state index in [0.717, 1.165) is 5.56 Å². The second kappa shape index (κ2) is 8.53. The van der Waals surface area contributed by atoms with E-state index in [9.17, 15) is 9.90 Å². The topological polar surface area (TPSA) is 92.7 Å². The molecule has 1 N–H and O–H groups in total. The third-order valence-corrected chi connectivity index (χ3v) is 4.39. The summed E-state index contributed by atoms with van der Waals surface area (Å²) in [5, 5.41) is 10.7. The van der Waals surface area contributed by atoms with E-state index in [2.05, 4.69) is 0 Å². The Labute approximate surface area is 158 Å². The maximum absolute atomic E-state index is 11.7. The smallest absolute Gasteiger partial charge is 0.435 e. The molecule has 0 aromatic heterocycles. The fourth-order valence-corrected chi connectivity index (χ4v) is 3.12. The lowest BCUT2D eigenvalue weighted by Crippen LogP contribution is -2.65. The van der Waals surface area contributed by atoms with Crippen LogP contribution in [0.2, 0.25) is 0 Å². The third kappa shape index (κ3) is 4.97. The van der Waals surface area contributed by atoms with Gasteiger partial charge in [-0.3, -0.25) is 0 Å². The molecule has 1 aromatic rings. The summed E-state index contributed by atoms with van der Waals surface area (Å²) in [6.07, 6.45) is -5.30. The van der Waals surface area contributed by atoms with Gasteiger partial charge in [-0.2, -0.15) is 0 Å². The van der Waals surface area contributed by atoms with E-state index in [4.69, 9.17) is 28.4 Å². The molecule has 0 spiro atoms. The Kier molecular flexibility index (Phi) is 6.33.